The molecule has 4 heteroatoms. The average molecular weight is 252 g/mol. The highest BCUT2D eigenvalue weighted by molar-refractivity contribution is 6.31. The van der Waals surface area contributed by atoms with Gasteiger partial charge in [-0.2, -0.15) is 0 Å². The van der Waals surface area contributed by atoms with Crippen molar-refractivity contribution in [1.29, 1.82) is 0 Å². The Morgan fingerprint density at radius 1 is 1.40 bits per heavy atom. The van der Waals surface area contributed by atoms with Gasteiger partial charge in [0.2, 0.25) is 0 Å². The van der Waals surface area contributed by atoms with E-state index in [4.69, 9.17) is 17.3 Å². The summed E-state index contributed by atoms with van der Waals surface area (Å²) in [6, 6.07) is 4.12. The Balaban J connectivity index is 0.00000196. The van der Waals surface area contributed by atoms with Crippen LogP contribution in [0, 0.1) is 11.7 Å². The highest BCUT2D eigenvalue weighted by Crippen LogP contribution is 2.26. The summed E-state index contributed by atoms with van der Waals surface area (Å²) in [5, 5.41) is 0.541. The van der Waals surface area contributed by atoms with Gasteiger partial charge in [0.1, 0.15) is 5.82 Å². The molecular weight excluding hydrogens is 236 g/mol. The lowest BCUT2D eigenvalue weighted by Crippen LogP contribution is -2.13. The second kappa shape index (κ2) is 6.31. The third-order valence-corrected chi connectivity index (χ3v) is 2.43. The van der Waals surface area contributed by atoms with Crippen molar-refractivity contribution in [3.8, 4) is 0 Å². The molecule has 1 nitrogen and oxygen atoms in total. The fraction of sp³-hybridized carbons (Fsp3) is 0.455. The van der Waals surface area contributed by atoms with Gasteiger partial charge in [0.25, 0.3) is 0 Å². The van der Waals surface area contributed by atoms with Crippen LogP contribution in [0.3, 0.4) is 0 Å². The van der Waals surface area contributed by atoms with Gasteiger partial charge < -0.3 is 5.73 Å². The lowest BCUT2D eigenvalue weighted by molar-refractivity contribution is 0.507. The second-order valence-corrected chi connectivity index (χ2v) is 4.31. The predicted octanol–water partition coefficient (Wildman–Crippen LogP) is 3.95. The number of benzene rings is 1. The SMILES string of the molecule is CC(C)C[C@H](N)c1cc(F)ccc1Cl.Cl. The molecule has 0 radical (unpaired) electrons. The number of halogens is 3. The summed E-state index contributed by atoms with van der Waals surface area (Å²) in [6.45, 7) is 4.15. The summed E-state index contributed by atoms with van der Waals surface area (Å²) >= 11 is 5.93. The normalized spacial score (nSPS) is 12.4. The first-order valence-electron chi connectivity index (χ1n) is 4.71. The molecule has 0 heterocycles. The molecular formula is C11H16Cl2FN. The summed E-state index contributed by atoms with van der Waals surface area (Å²) in [4.78, 5) is 0. The first-order chi connectivity index (χ1) is 6.50. The third-order valence-electron chi connectivity index (χ3n) is 2.08. The van der Waals surface area contributed by atoms with E-state index in [1.54, 1.807) is 6.07 Å². The van der Waals surface area contributed by atoms with Crippen molar-refractivity contribution in [2.75, 3.05) is 0 Å². The van der Waals surface area contributed by atoms with Crippen LogP contribution in [0.1, 0.15) is 31.9 Å². The van der Waals surface area contributed by atoms with Gasteiger partial charge >= 0.3 is 0 Å². The molecule has 0 spiro atoms. The largest absolute Gasteiger partial charge is 0.324 e. The summed E-state index contributed by atoms with van der Waals surface area (Å²) in [5.41, 5.74) is 6.61. The first-order valence-corrected chi connectivity index (χ1v) is 5.09. The smallest absolute Gasteiger partial charge is 0.123 e. The summed E-state index contributed by atoms with van der Waals surface area (Å²) in [5.74, 6) is 0.188. The minimum Gasteiger partial charge on any atom is -0.324 e. The Kier molecular flexibility index (Phi) is 6.18. The minimum atomic E-state index is -0.288. The highest BCUT2D eigenvalue weighted by atomic mass is 35.5. The van der Waals surface area contributed by atoms with Crippen LogP contribution < -0.4 is 5.73 Å². The zero-order valence-electron chi connectivity index (χ0n) is 8.84. The van der Waals surface area contributed by atoms with E-state index in [-0.39, 0.29) is 24.3 Å². The zero-order chi connectivity index (χ0) is 10.7. The van der Waals surface area contributed by atoms with E-state index in [0.29, 0.717) is 16.5 Å². The molecule has 0 fully saturated rings. The molecule has 86 valence electrons. The second-order valence-electron chi connectivity index (χ2n) is 3.90. The summed E-state index contributed by atoms with van der Waals surface area (Å²) in [7, 11) is 0. The van der Waals surface area contributed by atoms with E-state index in [0.717, 1.165) is 6.42 Å². The molecule has 0 saturated carbocycles. The van der Waals surface area contributed by atoms with E-state index in [9.17, 15) is 4.39 Å². The van der Waals surface area contributed by atoms with E-state index in [2.05, 4.69) is 13.8 Å². The van der Waals surface area contributed by atoms with Crippen LogP contribution in [0.4, 0.5) is 4.39 Å². The Morgan fingerprint density at radius 3 is 2.53 bits per heavy atom. The average Bonchev–Trinajstić information content (AvgIpc) is 2.08. The molecule has 2 N–H and O–H groups in total. The van der Waals surface area contributed by atoms with Crippen LogP contribution in [0.5, 0.6) is 0 Å². The van der Waals surface area contributed by atoms with Gasteiger partial charge in [0, 0.05) is 11.1 Å². The zero-order valence-corrected chi connectivity index (χ0v) is 10.4. The highest BCUT2D eigenvalue weighted by Gasteiger charge is 2.12. The molecule has 0 aliphatic rings. The van der Waals surface area contributed by atoms with Crippen LogP contribution in [0.25, 0.3) is 0 Å². The molecule has 0 aromatic heterocycles. The monoisotopic (exact) mass is 251 g/mol. The molecule has 0 aliphatic carbocycles. The van der Waals surface area contributed by atoms with Gasteiger partial charge in [-0.1, -0.05) is 25.4 Å². The fourth-order valence-corrected chi connectivity index (χ4v) is 1.69. The Morgan fingerprint density at radius 2 is 2.00 bits per heavy atom. The van der Waals surface area contributed by atoms with Gasteiger partial charge in [-0.15, -0.1) is 12.4 Å². The Bertz CT molecular complexity index is 315. The van der Waals surface area contributed by atoms with Crippen molar-refractivity contribution in [3.63, 3.8) is 0 Å². The number of rotatable bonds is 3. The maximum Gasteiger partial charge on any atom is 0.123 e. The van der Waals surface area contributed by atoms with Crippen molar-refractivity contribution >= 4 is 24.0 Å². The van der Waals surface area contributed by atoms with E-state index < -0.39 is 0 Å². The van der Waals surface area contributed by atoms with Crippen LogP contribution in [-0.2, 0) is 0 Å². The molecule has 0 bridgehead atoms. The number of hydrogen-bond acceptors (Lipinski definition) is 1. The van der Waals surface area contributed by atoms with Crippen molar-refractivity contribution in [2.24, 2.45) is 11.7 Å². The van der Waals surface area contributed by atoms with Crippen LogP contribution in [0.15, 0.2) is 18.2 Å². The lowest BCUT2D eigenvalue weighted by atomic mass is 9.98. The maximum absolute atomic E-state index is 12.9. The van der Waals surface area contributed by atoms with Gasteiger partial charge in [-0.05, 0) is 36.1 Å². The third kappa shape index (κ3) is 4.37. The standard InChI is InChI=1S/C11H15ClFN.ClH/c1-7(2)5-11(14)9-6-8(13)3-4-10(9)12;/h3-4,6-7,11H,5,14H2,1-2H3;1H/t11-;/m0./s1. The molecule has 0 unspecified atom stereocenters. The van der Waals surface area contributed by atoms with Crippen LogP contribution >= 0.6 is 24.0 Å². The number of hydrogen-bond donors (Lipinski definition) is 1. The molecule has 15 heavy (non-hydrogen) atoms. The predicted molar refractivity (Wildman–Crippen MR) is 65.0 cm³/mol. The summed E-state index contributed by atoms with van der Waals surface area (Å²) in [6.07, 6.45) is 0.809. The minimum absolute atomic E-state index is 0. The molecule has 1 atom stereocenters. The van der Waals surface area contributed by atoms with Crippen LogP contribution in [-0.4, -0.2) is 0 Å². The first kappa shape index (κ1) is 14.7. The van der Waals surface area contributed by atoms with Gasteiger partial charge in [-0.3, -0.25) is 0 Å². The molecule has 0 amide bonds. The van der Waals surface area contributed by atoms with Crippen molar-refractivity contribution in [3.05, 3.63) is 34.6 Å². The molecule has 1 rings (SSSR count). The number of nitrogens with two attached hydrogens (primary N) is 1. The molecule has 1 aromatic carbocycles. The molecule has 0 aliphatic heterocycles. The topological polar surface area (TPSA) is 26.0 Å². The Labute approximate surface area is 101 Å². The van der Waals surface area contributed by atoms with E-state index in [1.807, 2.05) is 0 Å². The quantitative estimate of drug-likeness (QED) is 0.866. The van der Waals surface area contributed by atoms with Gasteiger partial charge in [0.05, 0.1) is 0 Å². The molecule has 0 saturated heterocycles. The van der Waals surface area contributed by atoms with E-state index >= 15 is 0 Å². The van der Waals surface area contributed by atoms with Crippen LogP contribution in [0.2, 0.25) is 5.02 Å². The van der Waals surface area contributed by atoms with Gasteiger partial charge in [0.15, 0.2) is 0 Å². The van der Waals surface area contributed by atoms with Crippen molar-refractivity contribution < 1.29 is 4.39 Å². The maximum atomic E-state index is 12.9. The van der Waals surface area contributed by atoms with Crippen molar-refractivity contribution in [1.82, 2.24) is 0 Å². The fourth-order valence-electron chi connectivity index (χ4n) is 1.43. The van der Waals surface area contributed by atoms with Gasteiger partial charge in [-0.25, -0.2) is 4.39 Å². The van der Waals surface area contributed by atoms with E-state index in [1.165, 1.54) is 12.1 Å². The Hall–Kier alpha value is -0.310. The molecule has 1 aromatic rings. The van der Waals surface area contributed by atoms with Crippen molar-refractivity contribution in [2.45, 2.75) is 26.3 Å². The lowest BCUT2D eigenvalue weighted by Gasteiger charge is -2.15. The summed E-state index contributed by atoms with van der Waals surface area (Å²) < 4.78 is 12.9.